The predicted molar refractivity (Wildman–Crippen MR) is 113 cm³/mol. The first-order chi connectivity index (χ1) is 14.5. The number of aryl methyl sites for hydroxylation is 1. The Morgan fingerprint density at radius 3 is 1.80 bits per heavy atom. The fourth-order valence-corrected chi connectivity index (χ4v) is 3.67. The van der Waals surface area contributed by atoms with Crippen LogP contribution in [-0.2, 0) is 6.42 Å². The summed E-state index contributed by atoms with van der Waals surface area (Å²) < 4.78 is 26.6. The van der Waals surface area contributed by atoms with E-state index in [1.54, 1.807) is 12.1 Å². The second kappa shape index (κ2) is 7.99. The maximum atomic E-state index is 13.3. The maximum absolute atomic E-state index is 13.3. The van der Waals surface area contributed by atoms with Gasteiger partial charge in [0.2, 0.25) is 0 Å². The molecule has 0 aromatic heterocycles. The van der Waals surface area contributed by atoms with Gasteiger partial charge in [-0.2, -0.15) is 0 Å². The first-order valence-electron chi connectivity index (χ1n) is 9.64. The molecule has 0 spiro atoms. The van der Waals surface area contributed by atoms with Crippen LogP contribution in [0.3, 0.4) is 0 Å². The van der Waals surface area contributed by atoms with Crippen molar-refractivity contribution in [2.75, 3.05) is 0 Å². The van der Waals surface area contributed by atoms with Crippen molar-refractivity contribution >= 4 is 22.3 Å². The fraction of sp³-hybridized carbons (Fsp3) is 0.0769. The van der Waals surface area contributed by atoms with Crippen molar-refractivity contribution in [3.05, 3.63) is 118 Å². The van der Waals surface area contributed by atoms with Crippen LogP contribution in [0.25, 0.3) is 10.8 Å². The zero-order valence-corrected chi connectivity index (χ0v) is 16.3. The highest BCUT2D eigenvalue weighted by atomic mass is 19.1. The molecule has 0 aliphatic carbocycles. The number of carbonyl (C=O) groups is 2. The van der Waals surface area contributed by atoms with E-state index in [1.165, 1.54) is 48.5 Å². The van der Waals surface area contributed by atoms with Crippen LogP contribution in [0.4, 0.5) is 8.78 Å². The van der Waals surface area contributed by atoms with Gasteiger partial charge < -0.3 is 0 Å². The molecule has 148 valence electrons. The van der Waals surface area contributed by atoms with Crippen molar-refractivity contribution in [3.8, 4) is 0 Å². The lowest BCUT2D eigenvalue weighted by Crippen LogP contribution is -2.08. The summed E-state index contributed by atoms with van der Waals surface area (Å²) in [4.78, 5) is 26.4. The van der Waals surface area contributed by atoms with Crippen LogP contribution in [0, 0.1) is 11.6 Å². The van der Waals surface area contributed by atoms with E-state index in [9.17, 15) is 18.4 Å². The number of hydrogen-bond donors (Lipinski definition) is 0. The number of benzene rings is 4. The zero-order valence-electron chi connectivity index (χ0n) is 16.3. The van der Waals surface area contributed by atoms with Gasteiger partial charge in [0.1, 0.15) is 11.6 Å². The van der Waals surface area contributed by atoms with Gasteiger partial charge in [-0.15, -0.1) is 0 Å². The van der Waals surface area contributed by atoms with Crippen molar-refractivity contribution < 1.29 is 18.4 Å². The summed E-state index contributed by atoms with van der Waals surface area (Å²) in [7, 11) is 0. The second-order valence-electron chi connectivity index (χ2n) is 7.03. The Bertz CT molecular complexity index is 1260. The molecule has 0 aliphatic rings. The van der Waals surface area contributed by atoms with E-state index in [4.69, 9.17) is 0 Å². The van der Waals surface area contributed by atoms with E-state index in [-0.39, 0.29) is 11.6 Å². The summed E-state index contributed by atoms with van der Waals surface area (Å²) in [6.07, 6.45) is 0.633. The Labute approximate surface area is 172 Å². The molecule has 4 rings (SSSR count). The zero-order chi connectivity index (χ0) is 21.3. The number of ketones is 2. The minimum Gasteiger partial charge on any atom is -0.289 e. The van der Waals surface area contributed by atoms with E-state index in [0.29, 0.717) is 39.4 Å². The van der Waals surface area contributed by atoms with Crippen molar-refractivity contribution in [2.45, 2.75) is 13.3 Å². The van der Waals surface area contributed by atoms with Crippen LogP contribution < -0.4 is 0 Å². The molecule has 0 saturated carbocycles. The number of halogens is 2. The number of fused-ring (bicyclic) bond motifs is 1. The Morgan fingerprint density at radius 2 is 1.23 bits per heavy atom. The normalized spacial score (nSPS) is 10.9. The maximum Gasteiger partial charge on any atom is 0.193 e. The molecule has 0 radical (unpaired) electrons. The second-order valence-corrected chi connectivity index (χ2v) is 7.03. The molecule has 0 bridgehead atoms. The monoisotopic (exact) mass is 400 g/mol. The van der Waals surface area contributed by atoms with E-state index in [1.807, 2.05) is 25.1 Å². The molecule has 30 heavy (non-hydrogen) atoms. The molecule has 2 nitrogen and oxygen atoms in total. The fourth-order valence-electron chi connectivity index (χ4n) is 3.67. The summed E-state index contributed by atoms with van der Waals surface area (Å²) >= 11 is 0. The van der Waals surface area contributed by atoms with E-state index in [2.05, 4.69) is 0 Å². The quantitative estimate of drug-likeness (QED) is 0.377. The minimum atomic E-state index is -0.413. The highest BCUT2D eigenvalue weighted by Crippen LogP contribution is 2.29. The van der Waals surface area contributed by atoms with Gasteiger partial charge in [-0.1, -0.05) is 37.3 Å². The van der Waals surface area contributed by atoms with Crippen molar-refractivity contribution in [2.24, 2.45) is 0 Å². The molecule has 4 heteroatoms. The van der Waals surface area contributed by atoms with Crippen molar-refractivity contribution in [3.63, 3.8) is 0 Å². The SMILES string of the molecule is CCc1ccc2c(C(=O)c3ccc(F)cc3)cccc2c1C(=O)c1ccc(F)cc1. The molecule has 0 aliphatic heterocycles. The first kappa shape index (κ1) is 19.6. The minimum absolute atomic E-state index is 0.219. The molecular weight excluding hydrogens is 382 g/mol. The van der Waals surface area contributed by atoms with Crippen LogP contribution >= 0.6 is 0 Å². The van der Waals surface area contributed by atoms with Gasteiger partial charge in [0.15, 0.2) is 11.6 Å². The average molecular weight is 400 g/mol. The molecule has 0 unspecified atom stereocenters. The van der Waals surface area contributed by atoms with E-state index in [0.717, 1.165) is 5.56 Å². The number of rotatable bonds is 5. The Balaban J connectivity index is 1.90. The molecule has 0 amide bonds. The van der Waals surface area contributed by atoms with Crippen LogP contribution in [0.5, 0.6) is 0 Å². The third-order valence-corrected chi connectivity index (χ3v) is 5.21. The summed E-state index contributed by atoms with van der Waals surface area (Å²) in [6, 6.07) is 19.8. The van der Waals surface area contributed by atoms with Gasteiger partial charge in [-0.05, 0) is 71.3 Å². The summed E-state index contributed by atoms with van der Waals surface area (Å²) in [6.45, 7) is 1.95. The Hall–Kier alpha value is -3.66. The Morgan fingerprint density at radius 1 is 0.667 bits per heavy atom. The molecule has 0 saturated heterocycles. The number of hydrogen-bond acceptors (Lipinski definition) is 2. The van der Waals surface area contributed by atoms with Gasteiger partial charge >= 0.3 is 0 Å². The average Bonchev–Trinajstić information content (AvgIpc) is 2.78. The summed E-state index contributed by atoms with van der Waals surface area (Å²) in [5.74, 6) is -1.29. The molecule has 0 N–H and O–H groups in total. The highest BCUT2D eigenvalue weighted by Gasteiger charge is 2.20. The molecule has 0 heterocycles. The third kappa shape index (κ3) is 3.52. The van der Waals surface area contributed by atoms with Crippen LogP contribution in [0.1, 0.15) is 44.3 Å². The predicted octanol–water partition coefficient (Wildman–Crippen LogP) is 6.14. The highest BCUT2D eigenvalue weighted by molar-refractivity contribution is 6.22. The van der Waals surface area contributed by atoms with Crippen LogP contribution in [-0.4, -0.2) is 11.6 Å². The van der Waals surface area contributed by atoms with Gasteiger partial charge in [0.25, 0.3) is 0 Å². The number of carbonyl (C=O) groups excluding carboxylic acids is 2. The Kier molecular flexibility index (Phi) is 5.23. The van der Waals surface area contributed by atoms with E-state index >= 15 is 0 Å². The smallest absolute Gasteiger partial charge is 0.193 e. The largest absolute Gasteiger partial charge is 0.289 e. The van der Waals surface area contributed by atoms with Crippen LogP contribution in [0.2, 0.25) is 0 Å². The molecule has 0 atom stereocenters. The first-order valence-corrected chi connectivity index (χ1v) is 9.64. The standard InChI is InChI=1S/C26H18F2O2/c1-2-16-10-15-21-22(24(16)26(30)18-8-13-20(28)14-9-18)4-3-5-23(21)25(29)17-6-11-19(27)12-7-17/h3-15H,2H2,1H3. The van der Waals surface area contributed by atoms with Crippen molar-refractivity contribution in [1.29, 1.82) is 0 Å². The van der Waals surface area contributed by atoms with E-state index < -0.39 is 11.6 Å². The lowest BCUT2D eigenvalue weighted by molar-refractivity contribution is 0.103. The molecule has 0 fully saturated rings. The molecule has 4 aromatic rings. The van der Waals surface area contributed by atoms with Crippen molar-refractivity contribution in [1.82, 2.24) is 0 Å². The summed E-state index contributed by atoms with van der Waals surface area (Å²) in [5, 5.41) is 1.31. The van der Waals surface area contributed by atoms with Gasteiger partial charge in [-0.25, -0.2) is 8.78 Å². The lowest BCUT2D eigenvalue weighted by atomic mass is 9.88. The third-order valence-electron chi connectivity index (χ3n) is 5.21. The molecule has 4 aromatic carbocycles. The summed E-state index contributed by atoms with van der Waals surface area (Å²) in [5.41, 5.74) is 2.55. The molecular formula is C26H18F2O2. The van der Waals surface area contributed by atoms with Gasteiger partial charge in [0, 0.05) is 22.3 Å². The topological polar surface area (TPSA) is 34.1 Å². The van der Waals surface area contributed by atoms with Gasteiger partial charge in [-0.3, -0.25) is 9.59 Å². The van der Waals surface area contributed by atoms with Crippen LogP contribution in [0.15, 0.2) is 78.9 Å². The lowest BCUT2D eigenvalue weighted by Gasteiger charge is -2.14. The van der Waals surface area contributed by atoms with Gasteiger partial charge in [0.05, 0.1) is 0 Å².